The minimum atomic E-state index is -1.19. The Kier molecular flexibility index (Phi) is 5.19. The van der Waals surface area contributed by atoms with Crippen LogP contribution in [-0.2, 0) is 11.3 Å². The lowest BCUT2D eigenvalue weighted by molar-refractivity contribution is -0.138. The predicted octanol–water partition coefficient (Wildman–Crippen LogP) is 1.70. The number of carboxylic acid groups (broad SMARTS) is 1. The summed E-state index contributed by atoms with van der Waals surface area (Å²) in [6.07, 6.45) is 0.749. The van der Waals surface area contributed by atoms with Crippen LogP contribution in [0.1, 0.15) is 12.0 Å². The van der Waals surface area contributed by atoms with E-state index in [0.29, 0.717) is 32.2 Å². The molecule has 1 heterocycles. The highest BCUT2D eigenvalue weighted by atomic mass is 19.2. The van der Waals surface area contributed by atoms with Gasteiger partial charge in [-0.2, -0.15) is 0 Å². The van der Waals surface area contributed by atoms with Crippen molar-refractivity contribution in [1.29, 1.82) is 0 Å². The van der Waals surface area contributed by atoms with Crippen LogP contribution in [0.2, 0.25) is 0 Å². The van der Waals surface area contributed by atoms with Crippen LogP contribution in [0.5, 0.6) is 0 Å². The van der Waals surface area contributed by atoms with Crippen LogP contribution in [0.25, 0.3) is 0 Å². The molecule has 21 heavy (non-hydrogen) atoms. The maximum Gasteiger partial charge on any atom is 0.317 e. The second kappa shape index (κ2) is 6.91. The SMILES string of the molecule is O=C(O)CN1CCCN(Cc2cc(F)c(F)cc2F)CC1. The van der Waals surface area contributed by atoms with E-state index in [4.69, 9.17) is 5.11 Å². The first-order chi connectivity index (χ1) is 9.95. The second-order valence-corrected chi connectivity index (χ2v) is 5.16. The molecule has 1 aromatic rings. The van der Waals surface area contributed by atoms with Crippen LogP contribution in [0.15, 0.2) is 12.1 Å². The Morgan fingerprint density at radius 1 is 1.00 bits per heavy atom. The van der Waals surface area contributed by atoms with Gasteiger partial charge < -0.3 is 5.11 Å². The van der Waals surface area contributed by atoms with E-state index in [0.717, 1.165) is 12.5 Å². The molecule has 116 valence electrons. The fraction of sp³-hybridized carbons (Fsp3) is 0.500. The molecule has 0 spiro atoms. The van der Waals surface area contributed by atoms with Gasteiger partial charge in [-0.05, 0) is 19.0 Å². The summed E-state index contributed by atoms with van der Waals surface area (Å²) >= 11 is 0. The molecule has 0 bridgehead atoms. The maximum atomic E-state index is 13.6. The topological polar surface area (TPSA) is 43.8 Å². The zero-order valence-electron chi connectivity index (χ0n) is 11.5. The van der Waals surface area contributed by atoms with Gasteiger partial charge >= 0.3 is 5.97 Å². The summed E-state index contributed by atoms with van der Waals surface area (Å²) < 4.78 is 39.7. The summed E-state index contributed by atoms with van der Waals surface area (Å²) in [5, 5.41) is 8.77. The molecule has 0 unspecified atom stereocenters. The zero-order chi connectivity index (χ0) is 15.4. The molecule has 1 aromatic carbocycles. The third-order valence-electron chi connectivity index (χ3n) is 3.52. The first-order valence-corrected chi connectivity index (χ1v) is 6.75. The van der Waals surface area contributed by atoms with Gasteiger partial charge in [0.1, 0.15) is 5.82 Å². The predicted molar refractivity (Wildman–Crippen MR) is 70.3 cm³/mol. The number of nitrogens with zero attached hydrogens (tertiary/aromatic N) is 2. The number of aliphatic carboxylic acids is 1. The lowest BCUT2D eigenvalue weighted by Crippen LogP contribution is -2.34. The summed E-state index contributed by atoms with van der Waals surface area (Å²) in [4.78, 5) is 14.4. The van der Waals surface area contributed by atoms with E-state index in [1.54, 1.807) is 0 Å². The largest absolute Gasteiger partial charge is 0.480 e. The highest BCUT2D eigenvalue weighted by Crippen LogP contribution is 2.16. The second-order valence-electron chi connectivity index (χ2n) is 5.16. The number of halogens is 3. The fourth-order valence-electron chi connectivity index (χ4n) is 2.46. The van der Waals surface area contributed by atoms with E-state index in [9.17, 15) is 18.0 Å². The van der Waals surface area contributed by atoms with Crippen molar-refractivity contribution in [2.75, 3.05) is 32.7 Å². The summed E-state index contributed by atoms with van der Waals surface area (Å²) in [7, 11) is 0. The van der Waals surface area contributed by atoms with Gasteiger partial charge in [0.25, 0.3) is 0 Å². The van der Waals surface area contributed by atoms with E-state index in [1.807, 2.05) is 9.80 Å². The quantitative estimate of drug-likeness (QED) is 0.860. The standard InChI is InChI=1S/C14H17F3N2O2/c15-11-7-13(17)12(16)6-10(11)8-18-2-1-3-19(5-4-18)9-14(20)21/h6-7H,1-5,8-9H2,(H,20,21). The number of rotatable bonds is 4. The smallest absolute Gasteiger partial charge is 0.317 e. The molecule has 0 atom stereocenters. The number of benzene rings is 1. The molecule has 1 saturated heterocycles. The fourth-order valence-corrected chi connectivity index (χ4v) is 2.46. The van der Waals surface area contributed by atoms with E-state index in [1.165, 1.54) is 0 Å². The van der Waals surface area contributed by atoms with Gasteiger partial charge in [0, 0.05) is 37.8 Å². The lowest BCUT2D eigenvalue weighted by Gasteiger charge is -2.21. The Morgan fingerprint density at radius 3 is 2.33 bits per heavy atom. The van der Waals surface area contributed by atoms with Crippen molar-refractivity contribution in [2.24, 2.45) is 0 Å². The van der Waals surface area contributed by atoms with Gasteiger partial charge in [-0.3, -0.25) is 14.6 Å². The molecule has 1 aliphatic rings. The van der Waals surface area contributed by atoms with Gasteiger partial charge in [-0.25, -0.2) is 13.2 Å². The van der Waals surface area contributed by atoms with Gasteiger partial charge in [0.2, 0.25) is 0 Å². The van der Waals surface area contributed by atoms with E-state index < -0.39 is 23.4 Å². The lowest BCUT2D eigenvalue weighted by atomic mass is 10.2. The Hall–Kier alpha value is -1.60. The minimum absolute atomic E-state index is 0.0205. The number of hydrogen-bond acceptors (Lipinski definition) is 3. The molecule has 0 aromatic heterocycles. The van der Waals surface area contributed by atoms with Crippen LogP contribution in [0.4, 0.5) is 13.2 Å². The normalized spacial score (nSPS) is 17.7. The van der Waals surface area contributed by atoms with E-state index >= 15 is 0 Å². The molecule has 1 fully saturated rings. The summed E-state index contributed by atoms with van der Waals surface area (Å²) in [6, 6.07) is 1.43. The third kappa shape index (κ3) is 4.44. The zero-order valence-corrected chi connectivity index (χ0v) is 11.5. The van der Waals surface area contributed by atoms with Crippen molar-refractivity contribution in [3.05, 3.63) is 35.1 Å². The maximum absolute atomic E-state index is 13.6. The van der Waals surface area contributed by atoms with Crippen molar-refractivity contribution in [2.45, 2.75) is 13.0 Å². The first-order valence-electron chi connectivity index (χ1n) is 6.75. The summed E-state index contributed by atoms with van der Waals surface area (Å²) in [6.45, 7) is 2.60. The number of carboxylic acids is 1. The van der Waals surface area contributed by atoms with Crippen LogP contribution in [-0.4, -0.2) is 53.6 Å². The van der Waals surface area contributed by atoms with E-state index in [-0.39, 0.29) is 18.7 Å². The molecule has 0 saturated carbocycles. The third-order valence-corrected chi connectivity index (χ3v) is 3.52. The van der Waals surface area contributed by atoms with Gasteiger partial charge in [0.05, 0.1) is 6.54 Å². The molecule has 4 nitrogen and oxygen atoms in total. The molecule has 1 aliphatic heterocycles. The van der Waals surface area contributed by atoms with Crippen molar-refractivity contribution < 1.29 is 23.1 Å². The first kappa shape index (κ1) is 15.8. The van der Waals surface area contributed by atoms with Crippen molar-refractivity contribution >= 4 is 5.97 Å². The molecule has 0 amide bonds. The molecule has 1 N–H and O–H groups in total. The van der Waals surface area contributed by atoms with Crippen LogP contribution in [0.3, 0.4) is 0 Å². The van der Waals surface area contributed by atoms with Crippen LogP contribution >= 0.6 is 0 Å². The highest BCUT2D eigenvalue weighted by molar-refractivity contribution is 5.69. The Balaban J connectivity index is 1.97. The number of hydrogen-bond donors (Lipinski definition) is 1. The molecule has 0 radical (unpaired) electrons. The highest BCUT2D eigenvalue weighted by Gasteiger charge is 2.18. The molecular weight excluding hydrogens is 285 g/mol. The Morgan fingerprint density at radius 2 is 1.62 bits per heavy atom. The van der Waals surface area contributed by atoms with Crippen molar-refractivity contribution in [3.8, 4) is 0 Å². The Bertz CT molecular complexity index is 525. The average molecular weight is 302 g/mol. The molecular formula is C14H17F3N2O2. The van der Waals surface area contributed by atoms with Crippen LogP contribution in [0, 0.1) is 17.5 Å². The summed E-state index contributed by atoms with van der Waals surface area (Å²) in [5.74, 6) is -3.90. The van der Waals surface area contributed by atoms with Crippen LogP contribution < -0.4 is 0 Å². The van der Waals surface area contributed by atoms with Crippen molar-refractivity contribution in [1.82, 2.24) is 9.80 Å². The molecule has 0 aliphatic carbocycles. The minimum Gasteiger partial charge on any atom is -0.480 e. The molecule has 2 rings (SSSR count). The van der Waals surface area contributed by atoms with Gasteiger partial charge in [0.15, 0.2) is 11.6 Å². The summed E-state index contributed by atoms with van der Waals surface area (Å²) in [5.41, 5.74) is 0.112. The van der Waals surface area contributed by atoms with Gasteiger partial charge in [-0.15, -0.1) is 0 Å². The Labute approximate surface area is 120 Å². The average Bonchev–Trinajstić information content (AvgIpc) is 2.61. The monoisotopic (exact) mass is 302 g/mol. The number of carbonyl (C=O) groups is 1. The van der Waals surface area contributed by atoms with E-state index in [2.05, 4.69) is 0 Å². The van der Waals surface area contributed by atoms with Crippen molar-refractivity contribution in [3.63, 3.8) is 0 Å². The van der Waals surface area contributed by atoms with Gasteiger partial charge in [-0.1, -0.05) is 0 Å². The molecule has 7 heteroatoms.